The number of nitrogens with zero attached hydrogens (tertiary/aromatic N) is 1. The van der Waals surface area contributed by atoms with E-state index in [1.54, 1.807) is 17.0 Å². The summed E-state index contributed by atoms with van der Waals surface area (Å²) in [5, 5.41) is -0.239. The van der Waals surface area contributed by atoms with Gasteiger partial charge in [0.15, 0.2) is 6.61 Å². The van der Waals surface area contributed by atoms with Gasteiger partial charge in [-0.05, 0) is 49.1 Å². The van der Waals surface area contributed by atoms with Crippen LogP contribution in [0.4, 0.5) is 4.39 Å². The maximum absolute atomic E-state index is 13.2. The van der Waals surface area contributed by atoms with Crippen LogP contribution in [0, 0.1) is 11.7 Å². The standard InChI is InChI=1S/C20H22ClFN2O4S/c21-18-12-17(6-7-19(18)22)29(26,27)23-13-15-8-10-24(11-9-15)20(25)14-28-16-4-2-1-3-5-16/h1-7,12,15,23H,8-11,13-14H2. The number of para-hydroxylation sites is 1. The summed E-state index contributed by atoms with van der Waals surface area (Å²) < 4.78 is 46.0. The molecular formula is C20H22ClFN2O4S. The zero-order valence-corrected chi connectivity index (χ0v) is 17.3. The van der Waals surface area contributed by atoms with E-state index < -0.39 is 15.8 Å². The van der Waals surface area contributed by atoms with Crippen LogP contribution < -0.4 is 9.46 Å². The lowest BCUT2D eigenvalue weighted by Gasteiger charge is -2.32. The predicted molar refractivity (Wildman–Crippen MR) is 108 cm³/mol. The average molecular weight is 441 g/mol. The molecule has 1 amide bonds. The van der Waals surface area contributed by atoms with Gasteiger partial charge >= 0.3 is 0 Å². The Bertz CT molecular complexity index is 948. The number of carbonyl (C=O) groups is 1. The summed E-state index contributed by atoms with van der Waals surface area (Å²) in [6.07, 6.45) is 1.37. The van der Waals surface area contributed by atoms with Crippen LogP contribution >= 0.6 is 11.6 Å². The summed E-state index contributed by atoms with van der Waals surface area (Å²) in [5.74, 6) is -0.00133. The molecule has 2 aromatic carbocycles. The highest BCUT2D eigenvalue weighted by atomic mass is 35.5. The molecule has 0 atom stereocenters. The lowest BCUT2D eigenvalue weighted by molar-refractivity contribution is -0.134. The average Bonchev–Trinajstić information content (AvgIpc) is 2.73. The molecular weight excluding hydrogens is 419 g/mol. The number of amides is 1. The van der Waals surface area contributed by atoms with Crippen molar-refractivity contribution in [1.29, 1.82) is 0 Å². The Morgan fingerprint density at radius 1 is 1.17 bits per heavy atom. The maximum Gasteiger partial charge on any atom is 0.260 e. The van der Waals surface area contributed by atoms with Crippen molar-refractivity contribution in [2.75, 3.05) is 26.2 Å². The van der Waals surface area contributed by atoms with Crippen molar-refractivity contribution >= 4 is 27.5 Å². The second kappa shape index (κ2) is 9.56. The van der Waals surface area contributed by atoms with Gasteiger partial charge in [-0.1, -0.05) is 29.8 Å². The van der Waals surface area contributed by atoms with Crippen molar-refractivity contribution in [3.63, 3.8) is 0 Å². The summed E-state index contributed by atoms with van der Waals surface area (Å²) in [4.78, 5) is 13.9. The molecule has 0 unspecified atom stereocenters. The van der Waals surface area contributed by atoms with E-state index in [-0.39, 0.29) is 34.9 Å². The zero-order valence-electron chi connectivity index (χ0n) is 15.7. The molecule has 2 aromatic rings. The molecule has 0 bridgehead atoms. The minimum absolute atomic E-state index is 0.0212. The molecule has 0 radical (unpaired) electrons. The number of piperidine rings is 1. The number of carbonyl (C=O) groups excluding carboxylic acids is 1. The molecule has 6 nitrogen and oxygen atoms in total. The van der Waals surface area contributed by atoms with E-state index in [2.05, 4.69) is 4.72 Å². The van der Waals surface area contributed by atoms with Crippen molar-refractivity contribution in [3.8, 4) is 5.75 Å². The van der Waals surface area contributed by atoms with Crippen LogP contribution in [0.15, 0.2) is 53.4 Å². The van der Waals surface area contributed by atoms with Gasteiger partial charge in [-0.2, -0.15) is 0 Å². The minimum Gasteiger partial charge on any atom is -0.484 e. The quantitative estimate of drug-likeness (QED) is 0.718. The number of likely N-dealkylation sites (tertiary alicyclic amines) is 1. The molecule has 29 heavy (non-hydrogen) atoms. The van der Waals surface area contributed by atoms with Gasteiger partial charge in [0.25, 0.3) is 5.91 Å². The minimum atomic E-state index is -3.77. The lowest BCUT2D eigenvalue weighted by Crippen LogP contribution is -2.43. The third-order valence-corrected chi connectivity index (χ3v) is 6.55. The molecule has 1 heterocycles. The van der Waals surface area contributed by atoms with E-state index in [0.29, 0.717) is 31.7 Å². The third kappa shape index (κ3) is 5.91. The summed E-state index contributed by atoms with van der Waals surface area (Å²) in [5.41, 5.74) is 0. The van der Waals surface area contributed by atoms with Crippen molar-refractivity contribution in [2.24, 2.45) is 5.92 Å². The van der Waals surface area contributed by atoms with Crippen molar-refractivity contribution in [1.82, 2.24) is 9.62 Å². The first-order valence-electron chi connectivity index (χ1n) is 9.25. The van der Waals surface area contributed by atoms with Gasteiger partial charge in [0, 0.05) is 19.6 Å². The normalized spacial score (nSPS) is 15.3. The summed E-state index contributed by atoms with van der Waals surface area (Å²) >= 11 is 5.66. The van der Waals surface area contributed by atoms with Crippen molar-refractivity contribution < 1.29 is 22.3 Å². The number of hydrogen-bond acceptors (Lipinski definition) is 4. The molecule has 0 aromatic heterocycles. The van der Waals surface area contributed by atoms with Gasteiger partial charge in [0.1, 0.15) is 11.6 Å². The summed E-state index contributed by atoms with van der Waals surface area (Å²) in [7, 11) is -3.77. The summed E-state index contributed by atoms with van der Waals surface area (Å²) in [6.45, 7) is 1.32. The SMILES string of the molecule is O=C(COc1ccccc1)N1CCC(CNS(=O)(=O)c2ccc(F)c(Cl)c2)CC1. The van der Waals surface area contributed by atoms with Crippen LogP contribution in [0.25, 0.3) is 0 Å². The molecule has 0 saturated carbocycles. The molecule has 3 rings (SSSR count). The first kappa shape index (κ1) is 21.5. The van der Waals surface area contributed by atoms with Crippen LogP contribution in [0.1, 0.15) is 12.8 Å². The lowest BCUT2D eigenvalue weighted by atomic mass is 9.97. The van der Waals surface area contributed by atoms with E-state index >= 15 is 0 Å². The first-order valence-corrected chi connectivity index (χ1v) is 11.1. The number of ether oxygens (including phenoxy) is 1. The molecule has 1 N–H and O–H groups in total. The number of benzene rings is 2. The Morgan fingerprint density at radius 2 is 1.86 bits per heavy atom. The Kier molecular flexibility index (Phi) is 7.10. The highest BCUT2D eigenvalue weighted by molar-refractivity contribution is 7.89. The molecule has 1 aliphatic heterocycles. The van der Waals surface area contributed by atoms with Gasteiger partial charge in [-0.15, -0.1) is 0 Å². The molecule has 0 spiro atoms. The van der Waals surface area contributed by atoms with Crippen LogP contribution in [0.3, 0.4) is 0 Å². The number of rotatable bonds is 7. The fraction of sp³-hybridized carbons (Fsp3) is 0.350. The molecule has 156 valence electrons. The van der Waals surface area contributed by atoms with E-state index in [1.807, 2.05) is 18.2 Å². The predicted octanol–water partition coefficient (Wildman–Crippen LogP) is 3.08. The molecule has 9 heteroatoms. The van der Waals surface area contributed by atoms with Gasteiger partial charge in [-0.3, -0.25) is 4.79 Å². The topological polar surface area (TPSA) is 75.7 Å². The molecule has 1 fully saturated rings. The van der Waals surface area contributed by atoms with Crippen LogP contribution in [0.2, 0.25) is 5.02 Å². The second-order valence-corrected chi connectivity index (χ2v) is 9.03. The van der Waals surface area contributed by atoms with Gasteiger partial charge in [-0.25, -0.2) is 17.5 Å². The number of sulfonamides is 1. The Morgan fingerprint density at radius 3 is 2.52 bits per heavy atom. The second-order valence-electron chi connectivity index (χ2n) is 6.85. The highest BCUT2D eigenvalue weighted by Gasteiger charge is 2.25. The van der Waals surface area contributed by atoms with Crippen LogP contribution in [-0.2, 0) is 14.8 Å². The molecule has 0 aliphatic carbocycles. The summed E-state index contributed by atoms with van der Waals surface area (Å²) in [6, 6.07) is 12.4. The number of halogens is 2. The van der Waals surface area contributed by atoms with E-state index in [9.17, 15) is 17.6 Å². The largest absolute Gasteiger partial charge is 0.484 e. The smallest absolute Gasteiger partial charge is 0.260 e. The Balaban J connectivity index is 1.44. The Labute approximate surface area is 174 Å². The van der Waals surface area contributed by atoms with Gasteiger partial charge < -0.3 is 9.64 Å². The van der Waals surface area contributed by atoms with Gasteiger partial charge in [0.05, 0.1) is 9.92 Å². The van der Waals surface area contributed by atoms with E-state index in [0.717, 1.165) is 12.1 Å². The first-order chi connectivity index (χ1) is 13.8. The van der Waals surface area contributed by atoms with Gasteiger partial charge in [0.2, 0.25) is 10.0 Å². The molecule has 1 saturated heterocycles. The van der Waals surface area contributed by atoms with Crippen LogP contribution in [0.5, 0.6) is 5.75 Å². The van der Waals surface area contributed by atoms with Crippen LogP contribution in [-0.4, -0.2) is 45.5 Å². The maximum atomic E-state index is 13.2. The molecule has 1 aliphatic rings. The van der Waals surface area contributed by atoms with Crippen molar-refractivity contribution in [2.45, 2.75) is 17.7 Å². The number of hydrogen-bond donors (Lipinski definition) is 1. The fourth-order valence-electron chi connectivity index (χ4n) is 3.09. The highest BCUT2D eigenvalue weighted by Crippen LogP contribution is 2.21. The zero-order chi connectivity index (χ0) is 20.9. The Hall–Kier alpha value is -2.16. The van der Waals surface area contributed by atoms with E-state index in [4.69, 9.17) is 16.3 Å². The van der Waals surface area contributed by atoms with E-state index in [1.165, 1.54) is 6.07 Å². The van der Waals surface area contributed by atoms with Crippen molar-refractivity contribution in [3.05, 3.63) is 59.4 Å². The monoisotopic (exact) mass is 440 g/mol. The fourth-order valence-corrected chi connectivity index (χ4v) is 4.48. The third-order valence-electron chi connectivity index (χ3n) is 4.84. The number of nitrogens with one attached hydrogen (secondary N) is 1.